The number of nitro groups is 1. The van der Waals surface area contributed by atoms with Crippen molar-refractivity contribution in [3.05, 3.63) is 52.6 Å². The number of rotatable bonds is 2. The predicted molar refractivity (Wildman–Crippen MR) is 64.2 cm³/mol. The van der Waals surface area contributed by atoms with Gasteiger partial charge in [0.1, 0.15) is 12.2 Å². The third-order valence-electron chi connectivity index (χ3n) is 2.28. The van der Waals surface area contributed by atoms with Crippen molar-refractivity contribution in [3.8, 4) is 17.5 Å². The van der Waals surface area contributed by atoms with Gasteiger partial charge in [0, 0.05) is 24.1 Å². The van der Waals surface area contributed by atoms with Crippen LogP contribution in [0.5, 0.6) is 0 Å². The van der Waals surface area contributed by atoms with Crippen LogP contribution in [0, 0.1) is 22.0 Å². The maximum absolute atomic E-state index is 10.8. The Kier molecular flexibility index (Phi) is 3.36. The quantitative estimate of drug-likeness (QED) is 0.487. The van der Waals surface area contributed by atoms with Gasteiger partial charge < -0.3 is 9.67 Å². The Morgan fingerprint density at radius 2 is 2.33 bits per heavy atom. The molecule has 0 amide bonds. The number of nitro benzene ring substituents is 1. The molecule has 90 valence electrons. The molecule has 1 N–H and O–H groups in total. The molecular weight excluding hydrogens is 234 g/mol. The molecule has 0 atom stereocenters. The first-order valence-electron chi connectivity index (χ1n) is 5.09. The van der Waals surface area contributed by atoms with Crippen LogP contribution in [0.3, 0.4) is 0 Å². The first-order valence-corrected chi connectivity index (χ1v) is 5.09. The lowest BCUT2D eigenvalue weighted by Crippen LogP contribution is -1.96. The number of aliphatic hydroxyl groups is 1. The molecule has 1 aromatic carbocycles. The number of aliphatic hydroxyl groups excluding tert-OH is 1. The molecule has 1 aromatic heterocycles. The molecule has 6 nitrogen and oxygen atoms in total. The highest BCUT2D eigenvalue weighted by atomic mass is 16.6. The first kappa shape index (κ1) is 11.8. The molecule has 0 saturated heterocycles. The molecule has 2 aromatic rings. The van der Waals surface area contributed by atoms with Gasteiger partial charge in [-0.3, -0.25) is 10.1 Å². The highest BCUT2D eigenvalue weighted by Gasteiger charge is 2.12. The van der Waals surface area contributed by atoms with E-state index in [1.807, 2.05) is 0 Å². The van der Waals surface area contributed by atoms with E-state index < -0.39 is 4.92 Å². The van der Waals surface area contributed by atoms with E-state index in [-0.39, 0.29) is 17.9 Å². The van der Waals surface area contributed by atoms with Crippen LogP contribution in [-0.2, 0) is 0 Å². The van der Waals surface area contributed by atoms with Gasteiger partial charge in [-0.15, -0.1) is 0 Å². The van der Waals surface area contributed by atoms with Gasteiger partial charge >= 0.3 is 0 Å². The van der Waals surface area contributed by atoms with E-state index in [0.29, 0.717) is 0 Å². The van der Waals surface area contributed by atoms with Crippen molar-refractivity contribution >= 4 is 5.69 Å². The summed E-state index contributed by atoms with van der Waals surface area (Å²) in [5.41, 5.74) is 0.903. The molecule has 0 fully saturated rings. The summed E-state index contributed by atoms with van der Waals surface area (Å²) in [7, 11) is 0. The van der Waals surface area contributed by atoms with E-state index >= 15 is 0 Å². The van der Waals surface area contributed by atoms with Gasteiger partial charge in [0.15, 0.2) is 0 Å². The van der Waals surface area contributed by atoms with Crippen molar-refractivity contribution in [1.82, 2.24) is 9.55 Å². The average Bonchev–Trinajstić information content (AvgIpc) is 2.89. The van der Waals surface area contributed by atoms with Crippen molar-refractivity contribution in [1.29, 1.82) is 0 Å². The van der Waals surface area contributed by atoms with Crippen LogP contribution in [0.2, 0.25) is 0 Å². The van der Waals surface area contributed by atoms with Crippen LogP contribution in [0.15, 0.2) is 36.9 Å². The molecule has 0 unspecified atom stereocenters. The second-order valence-corrected chi connectivity index (χ2v) is 3.39. The molecule has 0 spiro atoms. The second kappa shape index (κ2) is 5.12. The monoisotopic (exact) mass is 243 g/mol. The summed E-state index contributed by atoms with van der Waals surface area (Å²) >= 11 is 0. The Morgan fingerprint density at radius 3 is 2.94 bits per heavy atom. The zero-order chi connectivity index (χ0) is 13.0. The lowest BCUT2D eigenvalue weighted by Gasteiger charge is -2.03. The summed E-state index contributed by atoms with van der Waals surface area (Å²) in [5.74, 6) is 4.98. The zero-order valence-electron chi connectivity index (χ0n) is 9.28. The molecular formula is C12H9N3O3. The summed E-state index contributed by atoms with van der Waals surface area (Å²) in [6.45, 7) is -0.341. The number of imidazole rings is 1. The maximum Gasteiger partial charge on any atom is 0.285 e. The van der Waals surface area contributed by atoms with E-state index in [9.17, 15) is 10.1 Å². The Balaban J connectivity index is 2.52. The highest BCUT2D eigenvalue weighted by Crippen LogP contribution is 2.21. The van der Waals surface area contributed by atoms with Crippen molar-refractivity contribution in [2.75, 3.05) is 6.61 Å². The zero-order valence-corrected chi connectivity index (χ0v) is 9.28. The van der Waals surface area contributed by atoms with Crippen LogP contribution < -0.4 is 0 Å². The van der Waals surface area contributed by atoms with Crippen LogP contribution in [0.25, 0.3) is 5.69 Å². The smallest absolute Gasteiger partial charge is 0.285 e. The van der Waals surface area contributed by atoms with Gasteiger partial charge in [-0.25, -0.2) is 4.98 Å². The summed E-state index contributed by atoms with van der Waals surface area (Å²) in [4.78, 5) is 14.2. The van der Waals surface area contributed by atoms with Crippen molar-refractivity contribution < 1.29 is 10.0 Å². The minimum absolute atomic E-state index is 0.0835. The third-order valence-corrected chi connectivity index (χ3v) is 2.28. The topological polar surface area (TPSA) is 81.2 Å². The van der Waals surface area contributed by atoms with Gasteiger partial charge in [-0.05, 0) is 12.1 Å². The Bertz CT molecular complexity index is 624. The molecule has 18 heavy (non-hydrogen) atoms. The molecule has 0 radical (unpaired) electrons. The van der Waals surface area contributed by atoms with Crippen LogP contribution in [0.1, 0.15) is 5.56 Å². The summed E-state index contributed by atoms with van der Waals surface area (Å²) < 4.78 is 1.72. The number of nitrogens with zero attached hydrogens (tertiary/aromatic N) is 3. The number of aromatic nitrogens is 2. The molecule has 0 aliphatic heterocycles. The Morgan fingerprint density at radius 1 is 1.50 bits per heavy atom. The van der Waals surface area contributed by atoms with Gasteiger partial charge in [0.05, 0.1) is 11.3 Å². The lowest BCUT2D eigenvalue weighted by atomic mass is 10.1. The summed E-state index contributed by atoms with van der Waals surface area (Å²) in [6.07, 6.45) is 4.93. The summed E-state index contributed by atoms with van der Waals surface area (Å²) in [5, 5.41) is 19.5. The van der Waals surface area contributed by atoms with Gasteiger partial charge in [-0.2, -0.15) is 0 Å². The van der Waals surface area contributed by atoms with Crippen molar-refractivity contribution in [2.45, 2.75) is 0 Å². The molecule has 0 aliphatic rings. The van der Waals surface area contributed by atoms with Gasteiger partial charge in [0.25, 0.3) is 5.69 Å². The molecule has 2 rings (SSSR count). The Hall–Kier alpha value is -2.65. The number of hydrogen-bond acceptors (Lipinski definition) is 4. The highest BCUT2D eigenvalue weighted by molar-refractivity contribution is 5.56. The minimum atomic E-state index is -0.501. The minimum Gasteiger partial charge on any atom is -0.384 e. The largest absolute Gasteiger partial charge is 0.384 e. The molecule has 6 heteroatoms. The summed E-state index contributed by atoms with van der Waals surface area (Å²) in [6, 6.07) is 4.59. The number of benzene rings is 1. The number of hydrogen-bond donors (Lipinski definition) is 1. The predicted octanol–water partition coefficient (Wildman–Crippen LogP) is 1.12. The van der Waals surface area contributed by atoms with E-state index in [1.165, 1.54) is 6.07 Å². The van der Waals surface area contributed by atoms with Gasteiger partial charge in [0.2, 0.25) is 0 Å². The molecule has 1 heterocycles. The molecule has 0 saturated carbocycles. The third kappa shape index (κ3) is 2.36. The lowest BCUT2D eigenvalue weighted by molar-refractivity contribution is -0.385. The van der Waals surface area contributed by atoms with Gasteiger partial charge in [-0.1, -0.05) is 11.8 Å². The Labute approximate surface area is 103 Å². The van der Waals surface area contributed by atoms with E-state index in [4.69, 9.17) is 5.11 Å². The fourth-order valence-corrected chi connectivity index (χ4v) is 1.49. The van der Waals surface area contributed by atoms with E-state index in [2.05, 4.69) is 16.8 Å². The fourth-order valence-electron chi connectivity index (χ4n) is 1.49. The van der Waals surface area contributed by atoms with Crippen LogP contribution >= 0.6 is 0 Å². The van der Waals surface area contributed by atoms with E-state index in [0.717, 1.165) is 5.69 Å². The fraction of sp³-hybridized carbons (Fsp3) is 0.0833. The molecule has 0 bridgehead atoms. The van der Waals surface area contributed by atoms with Crippen LogP contribution in [0.4, 0.5) is 5.69 Å². The second-order valence-electron chi connectivity index (χ2n) is 3.39. The standard InChI is InChI=1S/C12H9N3O3/c16-7-1-2-10-8-11(14-6-5-13-9-14)3-4-12(10)15(17)18/h3-6,8-9,16H,7H2. The molecule has 0 aliphatic carbocycles. The average molecular weight is 243 g/mol. The van der Waals surface area contributed by atoms with Crippen molar-refractivity contribution in [2.24, 2.45) is 0 Å². The van der Waals surface area contributed by atoms with Crippen LogP contribution in [-0.4, -0.2) is 26.2 Å². The SMILES string of the molecule is O=[N+]([O-])c1ccc(-n2ccnc2)cc1C#CCO. The van der Waals surface area contributed by atoms with E-state index in [1.54, 1.807) is 35.4 Å². The normalized spacial score (nSPS) is 9.61. The first-order chi connectivity index (χ1) is 8.72. The van der Waals surface area contributed by atoms with Crippen molar-refractivity contribution in [3.63, 3.8) is 0 Å². The maximum atomic E-state index is 10.8.